The SMILES string of the molecule is C[C@H](c1cccc(S(=O)(=O)N(C)C)c1)N1C(=O)[C@@H]2CC1CN2C[C@H](N)C(=O)N1CCC[C@H]1C#N. The fraction of sp³-hybridized carbons (Fsp3) is 0.609. The molecule has 3 aliphatic heterocycles. The zero-order valence-electron chi connectivity index (χ0n) is 19.8. The number of nitrogens with zero attached hydrogens (tertiary/aromatic N) is 5. The minimum Gasteiger partial charge on any atom is -0.330 e. The number of hydrogen-bond acceptors (Lipinski definition) is 7. The molecule has 2 amide bonds. The average molecular weight is 489 g/mol. The molecule has 3 saturated heterocycles. The van der Waals surface area contributed by atoms with E-state index in [1.807, 2.05) is 22.8 Å². The van der Waals surface area contributed by atoms with Crippen molar-refractivity contribution < 1.29 is 18.0 Å². The van der Waals surface area contributed by atoms with E-state index in [0.717, 1.165) is 12.0 Å². The number of sulfonamides is 1. The molecule has 2 bridgehead atoms. The summed E-state index contributed by atoms with van der Waals surface area (Å²) in [7, 11) is -0.595. The molecule has 11 heteroatoms. The van der Waals surface area contributed by atoms with Crippen molar-refractivity contribution in [1.82, 2.24) is 19.0 Å². The Morgan fingerprint density at radius 1 is 1.35 bits per heavy atom. The molecule has 3 aliphatic rings. The van der Waals surface area contributed by atoms with Gasteiger partial charge in [0.15, 0.2) is 0 Å². The summed E-state index contributed by atoms with van der Waals surface area (Å²) >= 11 is 0. The van der Waals surface area contributed by atoms with Crippen LogP contribution in [0.4, 0.5) is 0 Å². The van der Waals surface area contributed by atoms with Gasteiger partial charge in [-0.05, 0) is 43.9 Å². The molecule has 0 aliphatic carbocycles. The topological polar surface area (TPSA) is 131 Å². The van der Waals surface area contributed by atoms with Gasteiger partial charge in [-0.25, -0.2) is 12.7 Å². The Bertz CT molecular complexity index is 1120. The Labute approximate surface area is 200 Å². The van der Waals surface area contributed by atoms with Crippen LogP contribution in [0.2, 0.25) is 0 Å². The summed E-state index contributed by atoms with van der Waals surface area (Å²) in [5.41, 5.74) is 6.97. The quantitative estimate of drug-likeness (QED) is 0.577. The second-order valence-corrected chi connectivity index (χ2v) is 11.7. The number of likely N-dealkylation sites (tertiary alicyclic amines) is 3. The van der Waals surface area contributed by atoms with Crippen LogP contribution in [0.25, 0.3) is 0 Å². The third-order valence-electron chi connectivity index (χ3n) is 7.28. The number of piperazine rings is 1. The zero-order valence-corrected chi connectivity index (χ0v) is 20.6. The minimum absolute atomic E-state index is 0.0254. The molecule has 0 aromatic heterocycles. The number of nitrogens with two attached hydrogens (primary N) is 1. The molecular weight excluding hydrogens is 456 g/mol. The fourth-order valence-electron chi connectivity index (χ4n) is 5.41. The summed E-state index contributed by atoms with van der Waals surface area (Å²) in [5, 5.41) is 9.25. The monoisotopic (exact) mass is 488 g/mol. The first-order chi connectivity index (χ1) is 16.1. The van der Waals surface area contributed by atoms with Crippen molar-refractivity contribution in [2.45, 2.75) is 61.3 Å². The molecule has 3 heterocycles. The fourth-order valence-corrected chi connectivity index (χ4v) is 6.37. The van der Waals surface area contributed by atoms with E-state index in [4.69, 9.17) is 5.73 Å². The predicted octanol–water partition coefficient (Wildman–Crippen LogP) is 0.125. The smallest absolute Gasteiger partial charge is 0.242 e. The normalized spacial score (nSPS) is 26.8. The standard InChI is InChI=1S/C23H32N6O4S/c1-15(16-6-4-8-19(10-16)34(32,33)26(2)3)29-18-11-21(23(29)31)27(13-18)14-20(25)22(30)28-9-5-7-17(28)12-24/h4,6,8,10,15,17-18,20-21H,5,7,9,11,13-14,25H2,1-3H3/t15-,17+,18?,20+,21+/m1/s1. The van der Waals surface area contributed by atoms with Gasteiger partial charge >= 0.3 is 0 Å². The van der Waals surface area contributed by atoms with Crippen LogP contribution in [0.5, 0.6) is 0 Å². The van der Waals surface area contributed by atoms with Crippen LogP contribution in [0.15, 0.2) is 29.2 Å². The Hall–Kier alpha value is -2.52. The van der Waals surface area contributed by atoms with Gasteiger partial charge < -0.3 is 15.5 Å². The molecule has 0 saturated carbocycles. The van der Waals surface area contributed by atoms with Gasteiger partial charge in [-0.2, -0.15) is 5.26 Å². The highest BCUT2D eigenvalue weighted by Crippen LogP contribution is 2.38. The van der Waals surface area contributed by atoms with E-state index in [9.17, 15) is 23.3 Å². The van der Waals surface area contributed by atoms with Crippen molar-refractivity contribution in [2.75, 3.05) is 33.7 Å². The summed E-state index contributed by atoms with van der Waals surface area (Å²) in [4.78, 5) is 31.6. The highest BCUT2D eigenvalue weighted by Gasteiger charge is 2.51. The molecule has 4 rings (SSSR count). The first kappa shape index (κ1) is 24.6. The zero-order chi connectivity index (χ0) is 24.8. The number of amides is 2. The van der Waals surface area contributed by atoms with Gasteiger partial charge in [-0.1, -0.05) is 12.1 Å². The maximum atomic E-state index is 13.3. The Balaban J connectivity index is 1.43. The van der Waals surface area contributed by atoms with Crippen molar-refractivity contribution in [1.29, 1.82) is 5.26 Å². The summed E-state index contributed by atoms with van der Waals surface area (Å²) in [6, 6.07) is 7.05. The molecule has 3 fully saturated rings. The molecule has 10 nitrogen and oxygen atoms in total. The molecule has 5 atom stereocenters. The number of fused-ring (bicyclic) bond motifs is 2. The first-order valence-corrected chi connectivity index (χ1v) is 13.0. The first-order valence-electron chi connectivity index (χ1n) is 11.6. The van der Waals surface area contributed by atoms with Crippen LogP contribution in [0.1, 0.15) is 37.8 Å². The summed E-state index contributed by atoms with van der Waals surface area (Å²) in [5.74, 6) is -0.260. The summed E-state index contributed by atoms with van der Waals surface area (Å²) in [6.07, 6.45) is 2.13. The van der Waals surface area contributed by atoms with E-state index >= 15 is 0 Å². The Morgan fingerprint density at radius 2 is 2.09 bits per heavy atom. The number of carbonyl (C=O) groups is 2. The van der Waals surface area contributed by atoms with Gasteiger partial charge in [0.2, 0.25) is 21.8 Å². The second kappa shape index (κ2) is 9.26. The van der Waals surface area contributed by atoms with Crippen LogP contribution in [-0.4, -0.2) is 97.1 Å². The van der Waals surface area contributed by atoms with Crippen LogP contribution in [0, 0.1) is 11.3 Å². The van der Waals surface area contributed by atoms with E-state index in [1.54, 1.807) is 23.1 Å². The van der Waals surface area contributed by atoms with E-state index in [-0.39, 0.29) is 41.4 Å². The highest BCUT2D eigenvalue weighted by atomic mass is 32.2. The number of nitriles is 1. The van der Waals surface area contributed by atoms with Crippen molar-refractivity contribution in [3.05, 3.63) is 29.8 Å². The molecule has 1 aromatic carbocycles. The molecule has 1 unspecified atom stereocenters. The lowest BCUT2D eigenvalue weighted by molar-refractivity contribution is -0.141. The van der Waals surface area contributed by atoms with Crippen LogP contribution in [0.3, 0.4) is 0 Å². The molecule has 2 N–H and O–H groups in total. The maximum Gasteiger partial charge on any atom is 0.242 e. The summed E-state index contributed by atoms with van der Waals surface area (Å²) < 4.78 is 26.2. The molecule has 0 spiro atoms. The lowest BCUT2D eigenvalue weighted by Crippen LogP contribution is -2.56. The number of carbonyl (C=O) groups excluding carboxylic acids is 2. The highest BCUT2D eigenvalue weighted by molar-refractivity contribution is 7.89. The van der Waals surface area contributed by atoms with Gasteiger partial charge in [0.05, 0.1) is 29.1 Å². The number of rotatable bonds is 7. The van der Waals surface area contributed by atoms with E-state index in [1.165, 1.54) is 18.4 Å². The molecule has 1 aromatic rings. The van der Waals surface area contributed by atoms with Crippen LogP contribution < -0.4 is 5.73 Å². The average Bonchev–Trinajstić information content (AvgIpc) is 3.52. The van der Waals surface area contributed by atoms with Gasteiger partial charge in [-0.3, -0.25) is 14.5 Å². The van der Waals surface area contributed by atoms with Crippen molar-refractivity contribution in [2.24, 2.45) is 5.73 Å². The lowest BCUT2D eigenvalue weighted by Gasteiger charge is -2.38. The molecule has 34 heavy (non-hydrogen) atoms. The molecular formula is C23H32N6O4S. The van der Waals surface area contributed by atoms with Gasteiger partial charge in [0.1, 0.15) is 6.04 Å². The van der Waals surface area contributed by atoms with Gasteiger partial charge in [-0.15, -0.1) is 0 Å². The van der Waals surface area contributed by atoms with Crippen LogP contribution in [-0.2, 0) is 19.6 Å². The van der Waals surface area contributed by atoms with E-state index in [2.05, 4.69) is 6.07 Å². The van der Waals surface area contributed by atoms with Crippen LogP contribution >= 0.6 is 0 Å². The number of hydrogen-bond donors (Lipinski definition) is 1. The van der Waals surface area contributed by atoms with E-state index < -0.39 is 22.1 Å². The second-order valence-electron chi connectivity index (χ2n) is 9.57. The maximum absolute atomic E-state index is 13.3. The molecule has 184 valence electrons. The van der Waals surface area contributed by atoms with E-state index in [0.29, 0.717) is 25.9 Å². The number of benzene rings is 1. The largest absolute Gasteiger partial charge is 0.330 e. The third-order valence-corrected chi connectivity index (χ3v) is 9.10. The lowest BCUT2D eigenvalue weighted by atomic mass is 10.1. The molecule has 0 radical (unpaired) electrons. The predicted molar refractivity (Wildman–Crippen MR) is 125 cm³/mol. The van der Waals surface area contributed by atoms with Crippen molar-refractivity contribution >= 4 is 21.8 Å². The van der Waals surface area contributed by atoms with Gasteiger partial charge in [0.25, 0.3) is 0 Å². The Kier molecular flexibility index (Phi) is 6.70. The van der Waals surface area contributed by atoms with Crippen molar-refractivity contribution in [3.63, 3.8) is 0 Å². The van der Waals surface area contributed by atoms with Crippen molar-refractivity contribution in [3.8, 4) is 6.07 Å². The summed E-state index contributed by atoms with van der Waals surface area (Å²) in [6.45, 7) is 3.34. The minimum atomic E-state index is -3.57. The Morgan fingerprint density at radius 3 is 2.74 bits per heavy atom. The van der Waals surface area contributed by atoms with Gasteiger partial charge in [0, 0.05) is 39.8 Å². The third kappa shape index (κ3) is 4.20.